The highest BCUT2D eigenvalue weighted by atomic mass is 16.2. The van der Waals surface area contributed by atoms with Gasteiger partial charge in [-0.3, -0.25) is 19.3 Å². The molecular formula is C22H24N6O2. The van der Waals surface area contributed by atoms with E-state index in [0.717, 1.165) is 42.5 Å². The average molecular weight is 404 g/mol. The van der Waals surface area contributed by atoms with E-state index < -0.39 is 0 Å². The van der Waals surface area contributed by atoms with Crippen molar-refractivity contribution in [1.29, 1.82) is 0 Å². The quantitative estimate of drug-likeness (QED) is 0.721. The van der Waals surface area contributed by atoms with E-state index in [2.05, 4.69) is 10.3 Å². The van der Waals surface area contributed by atoms with E-state index >= 15 is 0 Å². The van der Waals surface area contributed by atoms with Crippen molar-refractivity contribution in [3.05, 3.63) is 53.1 Å². The Morgan fingerprint density at radius 2 is 1.93 bits per heavy atom. The van der Waals surface area contributed by atoms with Crippen molar-refractivity contribution < 1.29 is 9.59 Å². The van der Waals surface area contributed by atoms with Crippen LogP contribution < -0.4 is 5.32 Å². The zero-order valence-corrected chi connectivity index (χ0v) is 17.1. The summed E-state index contributed by atoms with van der Waals surface area (Å²) in [5, 5.41) is 8.27. The smallest absolute Gasteiger partial charge is 0.254 e. The first kappa shape index (κ1) is 18.7. The van der Waals surface area contributed by atoms with Gasteiger partial charge in [-0.2, -0.15) is 5.10 Å². The molecule has 5 rings (SSSR count). The molecule has 0 spiro atoms. The van der Waals surface area contributed by atoms with E-state index in [1.807, 2.05) is 18.0 Å². The van der Waals surface area contributed by atoms with Crippen LogP contribution in [0.25, 0.3) is 11.0 Å². The lowest BCUT2D eigenvalue weighted by Crippen LogP contribution is -2.31. The average Bonchev–Trinajstić information content (AvgIpc) is 3.43. The summed E-state index contributed by atoms with van der Waals surface area (Å²) in [6, 6.07) is 5.18. The number of pyridine rings is 2. The van der Waals surface area contributed by atoms with Crippen molar-refractivity contribution in [2.75, 3.05) is 13.6 Å². The van der Waals surface area contributed by atoms with Crippen LogP contribution in [-0.4, -0.2) is 50.1 Å². The Morgan fingerprint density at radius 1 is 1.17 bits per heavy atom. The predicted octanol–water partition coefficient (Wildman–Crippen LogP) is 2.58. The molecule has 3 aromatic rings. The summed E-state index contributed by atoms with van der Waals surface area (Å²) in [5.41, 5.74) is 3.61. The summed E-state index contributed by atoms with van der Waals surface area (Å²) < 4.78 is 1.75. The second kappa shape index (κ2) is 7.19. The molecule has 8 nitrogen and oxygen atoms in total. The fourth-order valence-electron chi connectivity index (χ4n) is 4.39. The molecule has 2 fully saturated rings. The van der Waals surface area contributed by atoms with Crippen LogP contribution in [0.4, 0.5) is 0 Å². The summed E-state index contributed by atoms with van der Waals surface area (Å²) >= 11 is 0. The number of hydrogen-bond acceptors (Lipinski definition) is 5. The first-order valence-corrected chi connectivity index (χ1v) is 10.4. The Balaban J connectivity index is 1.63. The number of hydrogen-bond donors (Lipinski definition) is 1. The highest BCUT2D eigenvalue weighted by Crippen LogP contribution is 2.42. The molecule has 1 saturated carbocycles. The standard InChI is InChI=1S/C22H24N6O2/c1-23-21(29)15-12-16(13-5-6-13)25-20-18(15)19(26-27(20)2)17-4-3-11-28(17)22(30)14-7-9-24-10-8-14/h7-10,12-13,17H,3-6,11H2,1-2H3,(H,23,29). The monoisotopic (exact) mass is 404 g/mol. The van der Waals surface area contributed by atoms with Gasteiger partial charge in [0.2, 0.25) is 0 Å². The zero-order valence-electron chi connectivity index (χ0n) is 17.1. The lowest BCUT2D eigenvalue weighted by atomic mass is 10.0. The Kier molecular flexibility index (Phi) is 4.49. The van der Waals surface area contributed by atoms with E-state index in [4.69, 9.17) is 10.1 Å². The fourth-order valence-corrected chi connectivity index (χ4v) is 4.39. The molecule has 30 heavy (non-hydrogen) atoms. The van der Waals surface area contributed by atoms with Crippen LogP contribution in [0, 0.1) is 0 Å². The number of fused-ring (bicyclic) bond motifs is 1. The van der Waals surface area contributed by atoms with Crippen LogP contribution in [0.1, 0.15) is 69.7 Å². The Labute approximate surface area is 174 Å². The molecule has 1 atom stereocenters. The normalized spacial score (nSPS) is 18.7. The number of aryl methyl sites for hydroxylation is 1. The van der Waals surface area contributed by atoms with E-state index in [1.165, 1.54) is 0 Å². The maximum atomic E-state index is 13.2. The Bertz CT molecular complexity index is 1140. The molecule has 1 unspecified atom stereocenters. The van der Waals surface area contributed by atoms with Crippen LogP contribution in [0.15, 0.2) is 30.6 Å². The molecular weight excluding hydrogens is 380 g/mol. The highest BCUT2D eigenvalue weighted by Gasteiger charge is 2.36. The van der Waals surface area contributed by atoms with Gasteiger partial charge in [-0.1, -0.05) is 0 Å². The van der Waals surface area contributed by atoms with Crippen molar-refractivity contribution in [2.24, 2.45) is 7.05 Å². The van der Waals surface area contributed by atoms with Crippen LogP contribution in [0.2, 0.25) is 0 Å². The van der Waals surface area contributed by atoms with E-state index in [-0.39, 0.29) is 17.9 Å². The summed E-state index contributed by atoms with van der Waals surface area (Å²) in [6.07, 6.45) is 7.16. The van der Waals surface area contributed by atoms with Gasteiger partial charge in [-0.15, -0.1) is 0 Å². The Hall–Kier alpha value is -3.29. The van der Waals surface area contributed by atoms with Gasteiger partial charge in [0.15, 0.2) is 5.65 Å². The molecule has 8 heteroatoms. The van der Waals surface area contributed by atoms with Crippen molar-refractivity contribution in [2.45, 2.75) is 37.6 Å². The van der Waals surface area contributed by atoms with Gasteiger partial charge >= 0.3 is 0 Å². The number of amides is 2. The van der Waals surface area contributed by atoms with Crippen molar-refractivity contribution in [3.8, 4) is 0 Å². The number of rotatable bonds is 4. The second-order valence-corrected chi connectivity index (χ2v) is 8.05. The van der Waals surface area contributed by atoms with Gasteiger partial charge in [-0.05, 0) is 43.9 Å². The van der Waals surface area contributed by atoms with Crippen LogP contribution in [-0.2, 0) is 7.05 Å². The highest BCUT2D eigenvalue weighted by molar-refractivity contribution is 6.07. The first-order valence-electron chi connectivity index (χ1n) is 10.4. The van der Waals surface area contributed by atoms with Gasteiger partial charge in [0.25, 0.3) is 11.8 Å². The minimum Gasteiger partial charge on any atom is -0.355 e. The molecule has 3 aromatic heterocycles. The first-order chi connectivity index (χ1) is 14.6. The van der Waals surface area contributed by atoms with Crippen LogP contribution in [0.5, 0.6) is 0 Å². The Morgan fingerprint density at radius 3 is 2.63 bits per heavy atom. The number of nitrogens with one attached hydrogen (secondary N) is 1. The van der Waals surface area contributed by atoms with Crippen molar-refractivity contribution in [1.82, 2.24) is 30.0 Å². The molecule has 1 aliphatic heterocycles. The predicted molar refractivity (Wildman–Crippen MR) is 111 cm³/mol. The van der Waals surface area contributed by atoms with Gasteiger partial charge in [0.1, 0.15) is 0 Å². The third-order valence-electron chi connectivity index (χ3n) is 6.06. The SMILES string of the molecule is CNC(=O)c1cc(C2CC2)nc2c1c(C1CCCN1C(=O)c1ccncc1)nn2C. The molecule has 0 radical (unpaired) electrons. The summed E-state index contributed by atoms with van der Waals surface area (Å²) in [6.45, 7) is 0.660. The molecule has 0 bridgehead atoms. The molecule has 4 heterocycles. The van der Waals surface area contributed by atoms with Crippen LogP contribution >= 0.6 is 0 Å². The molecule has 154 valence electrons. The molecule has 2 amide bonds. The van der Waals surface area contributed by atoms with Crippen molar-refractivity contribution >= 4 is 22.8 Å². The molecule has 2 aliphatic rings. The molecule has 1 saturated heterocycles. The van der Waals surface area contributed by atoms with Crippen molar-refractivity contribution in [3.63, 3.8) is 0 Å². The van der Waals surface area contributed by atoms with Gasteiger partial charge in [0, 0.05) is 50.2 Å². The minimum atomic E-state index is -0.189. The number of carbonyl (C=O) groups excluding carboxylic acids is 2. The molecule has 1 aliphatic carbocycles. The summed E-state index contributed by atoms with van der Waals surface area (Å²) in [7, 11) is 3.49. The maximum absolute atomic E-state index is 13.2. The summed E-state index contributed by atoms with van der Waals surface area (Å²) in [4.78, 5) is 36.6. The van der Waals surface area contributed by atoms with Gasteiger partial charge < -0.3 is 10.2 Å². The van der Waals surface area contributed by atoms with Gasteiger partial charge in [-0.25, -0.2) is 4.98 Å². The van der Waals surface area contributed by atoms with E-state index in [1.54, 1.807) is 36.3 Å². The topological polar surface area (TPSA) is 93.0 Å². The summed E-state index contributed by atoms with van der Waals surface area (Å²) in [5.74, 6) is 0.235. The number of likely N-dealkylation sites (tertiary alicyclic amines) is 1. The number of aromatic nitrogens is 4. The largest absolute Gasteiger partial charge is 0.355 e. The molecule has 1 N–H and O–H groups in total. The fraction of sp³-hybridized carbons (Fsp3) is 0.409. The lowest BCUT2D eigenvalue weighted by Gasteiger charge is -2.24. The van der Waals surface area contributed by atoms with Gasteiger partial charge in [0.05, 0.1) is 22.7 Å². The lowest BCUT2D eigenvalue weighted by molar-refractivity contribution is 0.0733. The zero-order chi connectivity index (χ0) is 20.8. The van der Waals surface area contributed by atoms with E-state index in [9.17, 15) is 9.59 Å². The molecule has 0 aromatic carbocycles. The third-order valence-corrected chi connectivity index (χ3v) is 6.06. The number of nitrogens with zero attached hydrogens (tertiary/aromatic N) is 5. The minimum absolute atomic E-state index is 0.0391. The third kappa shape index (κ3) is 3.03. The maximum Gasteiger partial charge on any atom is 0.254 e. The van der Waals surface area contributed by atoms with Crippen LogP contribution in [0.3, 0.4) is 0 Å². The second-order valence-electron chi connectivity index (χ2n) is 8.05. The number of carbonyl (C=O) groups is 2. The van der Waals surface area contributed by atoms with E-state index in [0.29, 0.717) is 29.2 Å².